The summed E-state index contributed by atoms with van der Waals surface area (Å²) in [5.74, 6) is -8.27. The van der Waals surface area contributed by atoms with Crippen LogP contribution in [-0.4, -0.2) is 128 Å². The maximum absolute atomic E-state index is 16.3. The van der Waals surface area contributed by atoms with Gasteiger partial charge in [0, 0.05) is 52.4 Å². The molecule has 15 atom stereocenters. The molecule has 0 spiro atoms. The Labute approximate surface area is 393 Å². The highest BCUT2D eigenvalue weighted by atomic mass is 19.1. The van der Waals surface area contributed by atoms with Gasteiger partial charge in [-0.3, -0.25) is 9.59 Å². The lowest BCUT2D eigenvalue weighted by atomic mass is 9.81. The predicted octanol–water partition coefficient (Wildman–Crippen LogP) is 8.51. The van der Waals surface area contributed by atoms with Crippen LogP contribution in [0.25, 0.3) is 0 Å². The van der Waals surface area contributed by atoms with Gasteiger partial charge in [0.05, 0.1) is 31.0 Å². The molecule has 66 heavy (non-hydrogen) atoms. The average molecular weight is 933 g/mol. The zero-order chi connectivity index (χ0) is 48.3. The van der Waals surface area contributed by atoms with Crippen molar-refractivity contribution in [3.05, 3.63) is 35.5 Å². The minimum atomic E-state index is -2.72. The van der Waals surface area contributed by atoms with Gasteiger partial charge in [0.1, 0.15) is 30.7 Å². The van der Waals surface area contributed by atoms with E-state index in [0.717, 1.165) is 18.4 Å². The number of allylic oxidation sites excluding steroid dienone is 4. The third-order valence-electron chi connectivity index (χ3n) is 15.7. The van der Waals surface area contributed by atoms with Crippen molar-refractivity contribution in [2.24, 2.45) is 35.5 Å². The molecule has 14 heteroatoms. The van der Waals surface area contributed by atoms with E-state index in [1.54, 1.807) is 34.0 Å². The Morgan fingerprint density at radius 3 is 2.18 bits per heavy atom. The van der Waals surface area contributed by atoms with E-state index in [1.807, 2.05) is 20.8 Å². The molecule has 2 saturated heterocycles. The van der Waals surface area contributed by atoms with Crippen LogP contribution in [0.2, 0.25) is 0 Å². The summed E-state index contributed by atoms with van der Waals surface area (Å²) < 4.78 is 51.2. The Kier molecular flexibility index (Phi) is 20.3. The first-order valence-corrected chi connectivity index (χ1v) is 25.1. The number of amides is 1. The van der Waals surface area contributed by atoms with Gasteiger partial charge in [0.2, 0.25) is 11.8 Å². The number of hydrogen-bond acceptors (Lipinski definition) is 12. The number of ether oxygens (including phenoxy) is 6. The fourth-order valence-corrected chi connectivity index (χ4v) is 11.4. The summed E-state index contributed by atoms with van der Waals surface area (Å²) >= 11 is 0. The Morgan fingerprint density at radius 1 is 0.848 bits per heavy atom. The molecule has 0 aromatic rings. The molecule has 0 radical (unpaired) electrons. The van der Waals surface area contributed by atoms with E-state index < -0.39 is 82.5 Å². The van der Waals surface area contributed by atoms with Gasteiger partial charge >= 0.3 is 17.7 Å². The first kappa shape index (κ1) is 54.3. The molecule has 2 N–H and O–H groups in total. The van der Waals surface area contributed by atoms with Crippen molar-refractivity contribution in [3.8, 4) is 0 Å². The number of Topliss-reactive ketones (excluding diaryl/α,β-unsaturated/α-hetero) is 2. The highest BCUT2D eigenvalue weighted by Crippen LogP contribution is 2.40. The van der Waals surface area contributed by atoms with Gasteiger partial charge in [-0.1, -0.05) is 71.3 Å². The standard InChI is InChI=1S/C52H83FNO12/c1-10-39-28-33(3)46(53)34(4)29-44(62-8)48-45(63-9)30-36(6)52(59,66-48)49(56)50(57)54(60)25-15-14-20-40(54)51(58)65-47(32(2)21-23-41(39)55)35(5)27-38-22-24-42(43(31-38)61-7)64-26-16-19-37-17-12-11-13-18-37/h16,19,27-28,32,34,36-40,42-48,59-60H,10-15,17-18,20-26,29-31H2,1-9H3/q+1. The Balaban J connectivity index is 1.45. The molecule has 1 amide bonds. The molecule has 0 aromatic heterocycles. The molecule has 3 aliphatic heterocycles. The van der Waals surface area contributed by atoms with Crippen LogP contribution < -0.4 is 0 Å². The Morgan fingerprint density at radius 2 is 1.52 bits per heavy atom. The largest absolute Gasteiger partial charge is 0.453 e. The number of halogens is 1. The highest BCUT2D eigenvalue weighted by Gasteiger charge is 2.62. The first-order valence-electron chi connectivity index (χ1n) is 25.1. The normalized spacial score (nSPS) is 40.3. The number of piperidine rings is 1. The molecular formula is C52H83FNO12+. The molecule has 374 valence electrons. The number of nitrogens with zero attached hydrogens (tertiary/aromatic N) is 1. The number of rotatable bonds is 10. The number of methoxy groups -OCH3 is 3. The van der Waals surface area contributed by atoms with Gasteiger partial charge in [0.15, 0.2) is 0 Å². The number of quaternary nitrogens is 1. The molecule has 3 heterocycles. The maximum atomic E-state index is 16.3. The van der Waals surface area contributed by atoms with Gasteiger partial charge in [-0.05, 0) is 113 Å². The van der Waals surface area contributed by atoms with Crippen LogP contribution >= 0.6 is 0 Å². The first-order chi connectivity index (χ1) is 31.4. The van der Waals surface area contributed by atoms with Crippen molar-refractivity contribution in [2.75, 3.05) is 34.5 Å². The van der Waals surface area contributed by atoms with Gasteiger partial charge in [-0.2, -0.15) is 0 Å². The van der Waals surface area contributed by atoms with Crippen molar-refractivity contribution < 1.29 is 66.9 Å². The zero-order valence-corrected chi connectivity index (χ0v) is 41.4. The lowest BCUT2D eigenvalue weighted by Gasteiger charge is -2.47. The molecule has 2 bridgehead atoms. The molecule has 2 aliphatic carbocycles. The second-order valence-electron chi connectivity index (χ2n) is 20.5. The van der Waals surface area contributed by atoms with E-state index in [-0.39, 0.29) is 62.1 Å². The molecular weight excluding hydrogens is 850 g/mol. The number of hydroxylamine groups is 3. The quantitative estimate of drug-likeness (QED) is 0.0707. The van der Waals surface area contributed by atoms with E-state index in [9.17, 15) is 29.5 Å². The predicted molar refractivity (Wildman–Crippen MR) is 247 cm³/mol. The van der Waals surface area contributed by atoms with Crippen LogP contribution in [0, 0.1) is 35.5 Å². The van der Waals surface area contributed by atoms with Crippen molar-refractivity contribution in [1.82, 2.24) is 0 Å². The van der Waals surface area contributed by atoms with Crippen LogP contribution in [0.1, 0.15) is 144 Å². The van der Waals surface area contributed by atoms with Crippen LogP contribution in [-0.2, 0) is 47.6 Å². The summed E-state index contributed by atoms with van der Waals surface area (Å²) in [5, 5.41) is 24.4. The number of carbonyl (C=O) groups excluding carboxylic acids is 4. The van der Waals surface area contributed by atoms with Gasteiger partial charge in [-0.25, -0.2) is 19.2 Å². The van der Waals surface area contributed by atoms with Gasteiger partial charge in [-0.15, -0.1) is 4.65 Å². The number of cyclic esters (lactones) is 1. The second-order valence-corrected chi connectivity index (χ2v) is 20.5. The summed E-state index contributed by atoms with van der Waals surface area (Å²) in [6, 6.07) is -1.47. The fourth-order valence-electron chi connectivity index (χ4n) is 11.4. The summed E-state index contributed by atoms with van der Waals surface area (Å²) in [6.45, 7) is 10.9. The van der Waals surface area contributed by atoms with E-state index in [4.69, 9.17) is 28.4 Å². The van der Waals surface area contributed by atoms with Crippen molar-refractivity contribution in [2.45, 2.75) is 199 Å². The third-order valence-corrected chi connectivity index (χ3v) is 15.7. The summed E-state index contributed by atoms with van der Waals surface area (Å²) in [5.41, 5.74) is 1.16. The molecule has 13 nitrogen and oxygen atoms in total. The maximum Gasteiger partial charge on any atom is 0.420 e. The van der Waals surface area contributed by atoms with Crippen molar-refractivity contribution >= 4 is 23.4 Å². The van der Waals surface area contributed by atoms with E-state index in [0.29, 0.717) is 50.2 Å². The van der Waals surface area contributed by atoms with Crippen molar-refractivity contribution in [1.29, 1.82) is 0 Å². The minimum Gasteiger partial charge on any atom is -0.453 e. The molecule has 5 rings (SSSR count). The second kappa shape index (κ2) is 24.7. The van der Waals surface area contributed by atoms with Crippen LogP contribution in [0.4, 0.5) is 4.39 Å². The smallest absolute Gasteiger partial charge is 0.420 e. The number of alkyl halides is 1. The van der Waals surface area contributed by atoms with Gasteiger partial charge in [0.25, 0.3) is 0 Å². The van der Waals surface area contributed by atoms with E-state index >= 15 is 4.39 Å². The third kappa shape index (κ3) is 12.9. The molecule has 15 unspecified atom stereocenters. The fraction of sp³-hybridized carbons (Fsp3) is 0.808. The number of ketones is 2. The van der Waals surface area contributed by atoms with Crippen LogP contribution in [0.3, 0.4) is 0 Å². The summed E-state index contributed by atoms with van der Waals surface area (Å²) in [7, 11) is 4.57. The van der Waals surface area contributed by atoms with E-state index in [2.05, 4.69) is 18.2 Å². The zero-order valence-electron chi connectivity index (χ0n) is 41.4. The monoisotopic (exact) mass is 933 g/mol. The van der Waals surface area contributed by atoms with Crippen LogP contribution in [0.5, 0.6) is 0 Å². The molecule has 0 aromatic carbocycles. The van der Waals surface area contributed by atoms with E-state index in [1.165, 1.54) is 46.3 Å². The highest BCUT2D eigenvalue weighted by molar-refractivity contribution is 6.36. The van der Waals surface area contributed by atoms with Gasteiger partial charge < -0.3 is 33.5 Å². The lowest BCUT2D eigenvalue weighted by molar-refractivity contribution is -1.05. The number of fused-ring (bicyclic) bond motifs is 3. The Bertz CT molecular complexity index is 1730. The number of esters is 1. The number of hydrogen-bond donors (Lipinski definition) is 2. The minimum absolute atomic E-state index is 0.0488. The average Bonchev–Trinajstić information content (AvgIpc) is 3.32. The summed E-state index contributed by atoms with van der Waals surface area (Å²) in [4.78, 5) is 57.3. The topological polar surface area (TPSA) is 164 Å². The molecule has 2 saturated carbocycles. The number of carbonyl (C=O) groups is 4. The van der Waals surface area contributed by atoms with Crippen molar-refractivity contribution in [3.63, 3.8) is 0 Å². The van der Waals surface area contributed by atoms with Crippen LogP contribution in [0.15, 0.2) is 35.5 Å². The molecule has 5 aliphatic rings. The Hall–Kier alpha value is -2.69. The lowest BCUT2D eigenvalue weighted by Crippen LogP contribution is -2.70. The number of aliphatic hydroxyl groups is 1. The molecule has 4 fully saturated rings. The SMILES string of the molecule is CCC1C=C(C)C(F)C(C)CC(OC)C2OC(O)(C(=O)C(=O)[N+]3(O)CCCCC3C(=O)OC(C(C)=CC3CCC(OCC=CC4CCCCC4)C(OC)C3)C(C)CCC1=O)C(C)CC2OC. The summed E-state index contributed by atoms with van der Waals surface area (Å²) in [6.07, 6.45) is 13.6.